The Morgan fingerprint density at radius 3 is 3.00 bits per heavy atom. The topological polar surface area (TPSA) is 12.0 Å². The second-order valence-electron chi connectivity index (χ2n) is 1.09. The van der Waals surface area contributed by atoms with Crippen molar-refractivity contribution >= 4 is 15.9 Å². The Morgan fingerprint density at radius 1 is 2.00 bits per heavy atom. The highest BCUT2D eigenvalue weighted by molar-refractivity contribution is 9.11. The standard InChI is InChI=1S/C4H4BrN/c5-4-1-2-6-3-4/h3,6H,1H2. The fourth-order valence-electron chi connectivity index (χ4n) is 0.316. The highest BCUT2D eigenvalue weighted by atomic mass is 79.9. The van der Waals surface area contributed by atoms with Gasteiger partial charge in [0.2, 0.25) is 0 Å². The van der Waals surface area contributed by atoms with Crippen LogP contribution < -0.4 is 5.32 Å². The van der Waals surface area contributed by atoms with E-state index < -0.39 is 0 Å². The van der Waals surface area contributed by atoms with Crippen LogP contribution in [0.15, 0.2) is 10.7 Å². The van der Waals surface area contributed by atoms with Gasteiger partial charge in [-0.25, -0.2) is 0 Å². The minimum absolute atomic E-state index is 0.903. The van der Waals surface area contributed by atoms with Crippen LogP contribution in [0.3, 0.4) is 0 Å². The van der Waals surface area contributed by atoms with Crippen LogP contribution in [0.5, 0.6) is 0 Å². The molecule has 0 aliphatic carbocycles. The molecule has 0 saturated carbocycles. The summed E-state index contributed by atoms with van der Waals surface area (Å²) in [5.41, 5.74) is 0. The van der Waals surface area contributed by atoms with Crippen LogP contribution in [0.1, 0.15) is 6.42 Å². The first-order valence-corrected chi connectivity index (χ1v) is 2.52. The molecule has 0 saturated heterocycles. The second-order valence-corrected chi connectivity index (χ2v) is 2.11. The molecule has 0 spiro atoms. The molecule has 0 unspecified atom stereocenters. The molecule has 0 fully saturated rings. The Morgan fingerprint density at radius 2 is 2.83 bits per heavy atom. The van der Waals surface area contributed by atoms with Crippen molar-refractivity contribution in [3.63, 3.8) is 0 Å². The zero-order valence-electron chi connectivity index (χ0n) is 3.16. The second kappa shape index (κ2) is 1.65. The Balaban J connectivity index is 2.45. The molecule has 1 N–H and O–H groups in total. The summed E-state index contributed by atoms with van der Waals surface area (Å²) in [6.45, 7) is 2.88. The molecule has 1 aliphatic rings. The van der Waals surface area contributed by atoms with Gasteiger partial charge in [-0.2, -0.15) is 0 Å². The smallest absolute Gasteiger partial charge is 0.0929 e. The average Bonchev–Trinajstić information content (AvgIpc) is 1.86. The van der Waals surface area contributed by atoms with Gasteiger partial charge in [-0.15, -0.1) is 0 Å². The van der Waals surface area contributed by atoms with E-state index in [-0.39, 0.29) is 0 Å². The molecule has 1 nitrogen and oxygen atoms in total. The summed E-state index contributed by atoms with van der Waals surface area (Å²) in [6, 6.07) is 0. The lowest BCUT2D eigenvalue weighted by Gasteiger charge is -1.75. The van der Waals surface area contributed by atoms with Crippen molar-refractivity contribution in [3.05, 3.63) is 17.2 Å². The van der Waals surface area contributed by atoms with Crippen LogP contribution in [0.4, 0.5) is 0 Å². The van der Waals surface area contributed by atoms with Crippen LogP contribution in [0, 0.1) is 6.54 Å². The van der Waals surface area contributed by atoms with E-state index in [4.69, 9.17) is 0 Å². The minimum Gasteiger partial charge on any atom is -0.380 e. The Kier molecular flexibility index (Phi) is 1.15. The van der Waals surface area contributed by atoms with E-state index in [1.54, 1.807) is 0 Å². The molecule has 1 rings (SSSR count). The first-order valence-electron chi connectivity index (χ1n) is 1.72. The van der Waals surface area contributed by atoms with E-state index in [1.165, 1.54) is 4.48 Å². The number of hydrogen-bond donors (Lipinski definition) is 1. The van der Waals surface area contributed by atoms with Crippen molar-refractivity contribution in [2.45, 2.75) is 6.42 Å². The predicted octanol–water partition coefficient (Wildman–Crippen LogP) is 1.25. The lowest BCUT2D eigenvalue weighted by Crippen LogP contribution is -1.88. The number of rotatable bonds is 0. The summed E-state index contributed by atoms with van der Waals surface area (Å²) >= 11 is 3.27. The van der Waals surface area contributed by atoms with Gasteiger partial charge in [-0.05, 0) is 0 Å². The zero-order valence-corrected chi connectivity index (χ0v) is 4.75. The number of halogens is 1. The van der Waals surface area contributed by atoms with Crippen LogP contribution in [0.25, 0.3) is 0 Å². The SMILES string of the molecule is BrC1=CN[C]C1. The molecule has 1 aliphatic heterocycles. The molecule has 0 aromatic carbocycles. The van der Waals surface area contributed by atoms with Gasteiger partial charge < -0.3 is 5.32 Å². The normalized spacial score (nSPS) is 19.8. The maximum atomic E-state index is 3.27. The van der Waals surface area contributed by atoms with E-state index in [0.717, 1.165) is 6.42 Å². The van der Waals surface area contributed by atoms with E-state index in [0.29, 0.717) is 0 Å². The largest absolute Gasteiger partial charge is 0.380 e. The van der Waals surface area contributed by atoms with Crippen LogP contribution in [-0.4, -0.2) is 0 Å². The van der Waals surface area contributed by atoms with Crippen molar-refractivity contribution in [2.75, 3.05) is 0 Å². The van der Waals surface area contributed by atoms with Gasteiger partial charge >= 0.3 is 0 Å². The third-order valence-corrected chi connectivity index (χ3v) is 1.10. The fraction of sp³-hybridized carbons (Fsp3) is 0.250. The van der Waals surface area contributed by atoms with Gasteiger partial charge in [-0.1, -0.05) is 15.9 Å². The third kappa shape index (κ3) is 0.744. The van der Waals surface area contributed by atoms with Gasteiger partial charge in [-0.3, -0.25) is 0 Å². The minimum atomic E-state index is 0.903. The molecule has 0 aromatic heterocycles. The van der Waals surface area contributed by atoms with Crippen molar-refractivity contribution in [1.82, 2.24) is 5.32 Å². The van der Waals surface area contributed by atoms with Crippen LogP contribution >= 0.6 is 15.9 Å². The van der Waals surface area contributed by atoms with E-state index >= 15 is 0 Å². The van der Waals surface area contributed by atoms with Gasteiger partial charge in [0.15, 0.2) is 0 Å². The van der Waals surface area contributed by atoms with Gasteiger partial charge in [0.25, 0.3) is 0 Å². The monoisotopic (exact) mass is 145 g/mol. The molecule has 6 heavy (non-hydrogen) atoms. The lowest BCUT2D eigenvalue weighted by molar-refractivity contribution is 1.06. The molecule has 2 heteroatoms. The summed E-state index contributed by atoms with van der Waals surface area (Å²) < 4.78 is 1.17. The Bertz CT molecular complexity index is 77.6. The summed E-state index contributed by atoms with van der Waals surface area (Å²) in [6.07, 6.45) is 2.78. The first-order chi connectivity index (χ1) is 2.89. The van der Waals surface area contributed by atoms with E-state index in [1.807, 2.05) is 6.20 Å². The quantitative estimate of drug-likeness (QED) is 0.542. The van der Waals surface area contributed by atoms with Gasteiger partial charge in [0.05, 0.1) is 6.54 Å². The summed E-state index contributed by atoms with van der Waals surface area (Å²) in [5.74, 6) is 0. The van der Waals surface area contributed by atoms with Crippen molar-refractivity contribution in [3.8, 4) is 0 Å². The van der Waals surface area contributed by atoms with Gasteiger partial charge in [0.1, 0.15) is 0 Å². The van der Waals surface area contributed by atoms with Gasteiger partial charge in [0, 0.05) is 17.1 Å². The van der Waals surface area contributed by atoms with Crippen molar-refractivity contribution in [2.24, 2.45) is 0 Å². The zero-order chi connectivity index (χ0) is 4.41. The molecule has 0 amide bonds. The maximum Gasteiger partial charge on any atom is 0.0929 e. The van der Waals surface area contributed by atoms with Crippen LogP contribution in [-0.2, 0) is 0 Å². The average molecular weight is 146 g/mol. The van der Waals surface area contributed by atoms with E-state index in [9.17, 15) is 0 Å². The molecular weight excluding hydrogens is 142 g/mol. The third-order valence-electron chi connectivity index (χ3n) is 0.588. The fourth-order valence-corrected chi connectivity index (χ4v) is 0.570. The molecule has 0 aromatic rings. The molecule has 0 bridgehead atoms. The molecular formula is C4H4BrN. The molecule has 2 radical (unpaired) electrons. The summed E-state index contributed by atoms with van der Waals surface area (Å²) in [5, 5.41) is 2.81. The summed E-state index contributed by atoms with van der Waals surface area (Å²) in [4.78, 5) is 0. The number of hydrogen-bond acceptors (Lipinski definition) is 1. The Labute approximate surface area is 45.6 Å². The maximum absolute atomic E-state index is 3.27. The Hall–Kier alpha value is 0.0200. The van der Waals surface area contributed by atoms with E-state index in [2.05, 4.69) is 27.8 Å². The lowest BCUT2D eigenvalue weighted by atomic mass is 10.5. The summed E-state index contributed by atoms with van der Waals surface area (Å²) in [7, 11) is 0. The molecule has 0 atom stereocenters. The first kappa shape index (κ1) is 4.19. The molecule has 1 heterocycles. The van der Waals surface area contributed by atoms with Crippen molar-refractivity contribution < 1.29 is 0 Å². The predicted molar refractivity (Wildman–Crippen MR) is 28.0 cm³/mol. The molecule has 32 valence electrons. The van der Waals surface area contributed by atoms with Crippen molar-refractivity contribution in [1.29, 1.82) is 0 Å². The highest BCUT2D eigenvalue weighted by Gasteiger charge is 1.97. The number of nitrogens with one attached hydrogen (secondary N) is 1. The highest BCUT2D eigenvalue weighted by Crippen LogP contribution is 2.13. The van der Waals surface area contributed by atoms with Crippen LogP contribution in [0.2, 0.25) is 0 Å².